The summed E-state index contributed by atoms with van der Waals surface area (Å²) in [4.78, 5) is 7.41. The van der Waals surface area contributed by atoms with Crippen molar-refractivity contribution in [3.8, 4) is 10.6 Å². The third-order valence-corrected chi connectivity index (χ3v) is 4.40. The molecule has 2 nitrogen and oxygen atoms in total. The Kier molecular flexibility index (Phi) is 3.97. The summed E-state index contributed by atoms with van der Waals surface area (Å²) in [7, 11) is 0. The van der Waals surface area contributed by atoms with Gasteiger partial charge < -0.3 is 5.32 Å². The minimum Gasteiger partial charge on any atom is -0.309 e. The second-order valence-corrected chi connectivity index (χ2v) is 6.83. The largest absolute Gasteiger partial charge is 0.309 e. The van der Waals surface area contributed by atoms with Gasteiger partial charge in [-0.15, -0.1) is 22.7 Å². The van der Waals surface area contributed by atoms with Gasteiger partial charge in [-0.1, -0.05) is 13.8 Å². The van der Waals surface area contributed by atoms with E-state index in [2.05, 4.69) is 49.4 Å². The molecule has 4 heteroatoms. The lowest BCUT2D eigenvalue weighted by Gasteiger charge is -2.04. The lowest BCUT2D eigenvalue weighted by molar-refractivity contribution is 0.583. The van der Waals surface area contributed by atoms with E-state index in [0.29, 0.717) is 6.04 Å². The van der Waals surface area contributed by atoms with Crippen LogP contribution < -0.4 is 5.32 Å². The molecule has 2 rings (SSSR count). The number of nitrogens with zero attached hydrogens (tertiary/aromatic N) is 1. The van der Waals surface area contributed by atoms with Gasteiger partial charge in [0.25, 0.3) is 0 Å². The van der Waals surface area contributed by atoms with Gasteiger partial charge >= 0.3 is 0 Å². The van der Waals surface area contributed by atoms with Crippen LogP contribution in [0.3, 0.4) is 0 Å². The molecule has 0 saturated heterocycles. The molecule has 0 aliphatic rings. The monoisotopic (exact) mass is 266 g/mol. The Morgan fingerprint density at radius 1 is 1.35 bits per heavy atom. The summed E-state index contributed by atoms with van der Waals surface area (Å²) in [6.07, 6.45) is 0. The van der Waals surface area contributed by atoms with Crippen LogP contribution in [0, 0.1) is 13.8 Å². The molecule has 0 aliphatic carbocycles. The van der Waals surface area contributed by atoms with E-state index in [0.717, 1.165) is 17.2 Å². The fraction of sp³-hybridized carbons (Fsp3) is 0.462. The number of nitrogens with one attached hydrogen (secondary N) is 1. The second kappa shape index (κ2) is 5.29. The smallest absolute Gasteiger partial charge is 0.124 e. The zero-order valence-electron chi connectivity index (χ0n) is 10.7. The molecule has 2 aromatic heterocycles. The third kappa shape index (κ3) is 3.15. The van der Waals surface area contributed by atoms with Gasteiger partial charge in [0.15, 0.2) is 0 Å². The summed E-state index contributed by atoms with van der Waals surface area (Å²) in [5, 5.41) is 6.69. The van der Waals surface area contributed by atoms with Gasteiger partial charge in [-0.3, -0.25) is 0 Å². The molecule has 0 radical (unpaired) electrons. The molecule has 1 N–H and O–H groups in total. The summed E-state index contributed by atoms with van der Waals surface area (Å²) in [5.41, 5.74) is 2.44. The number of thiophene rings is 1. The second-order valence-electron chi connectivity index (χ2n) is 4.51. The topological polar surface area (TPSA) is 24.9 Å². The van der Waals surface area contributed by atoms with E-state index in [-0.39, 0.29) is 0 Å². The van der Waals surface area contributed by atoms with Crippen molar-refractivity contribution in [1.29, 1.82) is 0 Å². The first-order valence-corrected chi connectivity index (χ1v) is 7.51. The fourth-order valence-electron chi connectivity index (χ4n) is 1.66. The van der Waals surface area contributed by atoms with Gasteiger partial charge in [0.2, 0.25) is 0 Å². The highest BCUT2D eigenvalue weighted by molar-refractivity contribution is 7.15. The first kappa shape index (κ1) is 12.7. The Balaban J connectivity index is 2.15. The van der Waals surface area contributed by atoms with E-state index in [4.69, 9.17) is 0 Å². The van der Waals surface area contributed by atoms with Crippen LogP contribution in [0.15, 0.2) is 11.4 Å². The van der Waals surface area contributed by atoms with Crippen LogP contribution >= 0.6 is 22.7 Å². The molecule has 17 heavy (non-hydrogen) atoms. The van der Waals surface area contributed by atoms with E-state index in [1.165, 1.54) is 15.3 Å². The molecule has 0 spiro atoms. The summed E-state index contributed by atoms with van der Waals surface area (Å²) >= 11 is 3.58. The zero-order chi connectivity index (χ0) is 12.4. The number of rotatable bonds is 4. The molecule has 0 aliphatic heterocycles. The Bertz CT molecular complexity index is 497. The Morgan fingerprint density at radius 3 is 2.71 bits per heavy atom. The third-order valence-electron chi connectivity index (χ3n) is 2.51. The molecule has 0 aromatic carbocycles. The molecule has 2 aromatic rings. The molecular weight excluding hydrogens is 248 g/mol. The molecule has 2 heterocycles. The van der Waals surface area contributed by atoms with E-state index in [9.17, 15) is 0 Å². The maximum atomic E-state index is 4.69. The predicted octanol–water partition coefficient (Wildman–Crippen LogP) is 3.99. The Morgan fingerprint density at radius 2 is 2.12 bits per heavy atom. The molecule has 92 valence electrons. The maximum Gasteiger partial charge on any atom is 0.124 e. The van der Waals surface area contributed by atoms with Crippen molar-refractivity contribution >= 4 is 22.7 Å². The highest BCUT2D eigenvalue weighted by Crippen LogP contribution is 2.32. The standard InChI is InChI=1S/C13H18N2S2/c1-8(2)14-6-11-7-16-13(15-11)12-5-9(3)17-10(12)4/h5,7-8,14H,6H2,1-4H3. The summed E-state index contributed by atoms with van der Waals surface area (Å²) in [6, 6.07) is 2.74. The van der Waals surface area contributed by atoms with Crippen molar-refractivity contribution in [3.63, 3.8) is 0 Å². The van der Waals surface area contributed by atoms with Crippen molar-refractivity contribution in [3.05, 3.63) is 26.9 Å². The summed E-state index contributed by atoms with van der Waals surface area (Å²) < 4.78 is 0. The molecule has 0 amide bonds. The van der Waals surface area contributed by atoms with Gasteiger partial charge in [0, 0.05) is 33.3 Å². The highest BCUT2D eigenvalue weighted by Gasteiger charge is 2.10. The van der Waals surface area contributed by atoms with Gasteiger partial charge in [-0.05, 0) is 19.9 Å². The Labute approximate surface area is 111 Å². The normalized spacial score (nSPS) is 11.4. The average Bonchev–Trinajstić information content (AvgIpc) is 2.82. The lowest BCUT2D eigenvalue weighted by Crippen LogP contribution is -2.21. The highest BCUT2D eigenvalue weighted by atomic mass is 32.1. The molecule has 0 fully saturated rings. The van der Waals surface area contributed by atoms with Crippen LogP contribution in [0.25, 0.3) is 10.6 Å². The lowest BCUT2D eigenvalue weighted by atomic mass is 10.2. The van der Waals surface area contributed by atoms with E-state index >= 15 is 0 Å². The van der Waals surface area contributed by atoms with Crippen molar-refractivity contribution in [1.82, 2.24) is 10.3 Å². The Hall–Kier alpha value is -0.710. The number of aryl methyl sites for hydroxylation is 2. The van der Waals surface area contributed by atoms with Crippen molar-refractivity contribution in [2.75, 3.05) is 0 Å². The van der Waals surface area contributed by atoms with Gasteiger partial charge in [-0.2, -0.15) is 0 Å². The first-order valence-electron chi connectivity index (χ1n) is 5.81. The molecular formula is C13H18N2S2. The van der Waals surface area contributed by atoms with Gasteiger partial charge in [0.1, 0.15) is 5.01 Å². The van der Waals surface area contributed by atoms with Gasteiger partial charge in [0.05, 0.1) is 5.69 Å². The van der Waals surface area contributed by atoms with Crippen LogP contribution in [0.4, 0.5) is 0 Å². The summed E-state index contributed by atoms with van der Waals surface area (Å²) in [6.45, 7) is 9.48. The van der Waals surface area contributed by atoms with Gasteiger partial charge in [-0.25, -0.2) is 4.98 Å². The van der Waals surface area contributed by atoms with Crippen molar-refractivity contribution in [2.45, 2.75) is 40.3 Å². The molecule has 0 bridgehead atoms. The van der Waals surface area contributed by atoms with E-state index in [1.807, 2.05) is 11.3 Å². The summed E-state index contributed by atoms with van der Waals surface area (Å²) in [5.74, 6) is 0. The maximum absolute atomic E-state index is 4.69. The number of aromatic nitrogens is 1. The van der Waals surface area contributed by atoms with E-state index < -0.39 is 0 Å². The van der Waals surface area contributed by atoms with Crippen molar-refractivity contribution in [2.24, 2.45) is 0 Å². The zero-order valence-corrected chi connectivity index (χ0v) is 12.3. The number of thiazole rings is 1. The minimum atomic E-state index is 0.505. The SMILES string of the molecule is Cc1cc(-c2nc(CNC(C)C)cs2)c(C)s1. The van der Waals surface area contributed by atoms with Crippen LogP contribution in [0.1, 0.15) is 29.3 Å². The van der Waals surface area contributed by atoms with Crippen LogP contribution in [0.2, 0.25) is 0 Å². The van der Waals surface area contributed by atoms with E-state index in [1.54, 1.807) is 11.3 Å². The van der Waals surface area contributed by atoms with Crippen LogP contribution in [0.5, 0.6) is 0 Å². The fourth-order valence-corrected chi connectivity index (χ4v) is 3.55. The van der Waals surface area contributed by atoms with Crippen LogP contribution in [-0.4, -0.2) is 11.0 Å². The first-order chi connectivity index (χ1) is 8.06. The molecule has 0 unspecified atom stereocenters. The molecule has 0 saturated carbocycles. The van der Waals surface area contributed by atoms with Crippen molar-refractivity contribution < 1.29 is 0 Å². The molecule has 0 atom stereocenters. The number of hydrogen-bond donors (Lipinski definition) is 1. The average molecular weight is 266 g/mol. The van der Waals surface area contributed by atoms with Crippen LogP contribution in [-0.2, 0) is 6.54 Å². The quantitative estimate of drug-likeness (QED) is 0.905. The minimum absolute atomic E-state index is 0.505. The number of hydrogen-bond acceptors (Lipinski definition) is 4. The predicted molar refractivity (Wildman–Crippen MR) is 76.9 cm³/mol.